The molecule has 1 amide bonds. The molecule has 1 fully saturated rings. The van der Waals surface area contributed by atoms with Crippen LogP contribution in [0.4, 0.5) is 8.78 Å². The van der Waals surface area contributed by atoms with Crippen LogP contribution in [-0.2, 0) is 0 Å². The van der Waals surface area contributed by atoms with Gasteiger partial charge in [0.15, 0.2) is 0 Å². The van der Waals surface area contributed by atoms with Gasteiger partial charge in [0, 0.05) is 23.7 Å². The quantitative estimate of drug-likeness (QED) is 0.754. The number of carbonyl (C=O) groups excluding carboxylic acids is 1. The number of alkyl halides is 2. The Labute approximate surface area is 156 Å². The lowest BCUT2D eigenvalue weighted by molar-refractivity contribution is -0.0498. The van der Waals surface area contributed by atoms with Crippen molar-refractivity contribution in [3.63, 3.8) is 0 Å². The lowest BCUT2D eigenvalue weighted by Crippen LogP contribution is -2.30. The van der Waals surface area contributed by atoms with Gasteiger partial charge in [-0.05, 0) is 49.2 Å². The van der Waals surface area contributed by atoms with Crippen molar-refractivity contribution in [3.05, 3.63) is 53.6 Å². The number of likely N-dealkylation sites (tertiary alicyclic amines) is 1. The average molecular weight is 377 g/mol. The summed E-state index contributed by atoms with van der Waals surface area (Å²) in [6.45, 7) is -2.27. The zero-order chi connectivity index (χ0) is 19.4. The number of benzene rings is 2. The van der Waals surface area contributed by atoms with E-state index in [0.717, 1.165) is 18.4 Å². The number of rotatable bonds is 6. The van der Waals surface area contributed by atoms with E-state index in [-0.39, 0.29) is 17.7 Å². The first-order valence-electron chi connectivity index (χ1n) is 8.61. The third kappa shape index (κ3) is 4.13. The molecule has 1 atom stereocenters. The molecule has 2 aromatic carbocycles. The Hall–Kier alpha value is -2.83. The van der Waals surface area contributed by atoms with E-state index in [9.17, 15) is 13.6 Å². The van der Waals surface area contributed by atoms with Crippen molar-refractivity contribution in [3.8, 4) is 17.2 Å². The van der Waals surface area contributed by atoms with Crippen LogP contribution in [0.5, 0.6) is 17.2 Å². The summed E-state index contributed by atoms with van der Waals surface area (Å²) in [5.74, 6) is 1.22. The normalized spacial score (nSPS) is 16.5. The van der Waals surface area contributed by atoms with Gasteiger partial charge >= 0.3 is 6.61 Å². The summed E-state index contributed by atoms with van der Waals surface area (Å²) >= 11 is 0. The molecule has 27 heavy (non-hydrogen) atoms. The maximum absolute atomic E-state index is 13.0. The first-order chi connectivity index (χ1) is 13.0. The molecule has 0 aliphatic carbocycles. The summed E-state index contributed by atoms with van der Waals surface area (Å²) in [6, 6.07) is 11.2. The maximum atomic E-state index is 13.0. The van der Waals surface area contributed by atoms with Gasteiger partial charge in [0.05, 0.1) is 20.3 Å². The average Bonchev–Trinajstić information content (AvgIpc) is 3.16. The van der Waals surface area contributed by atoms with Crippen LogP contribution in [-0.4, -0.2) is 38.2 Å². The summed E-state index contributed by atoms with van der Waals surface area (Å²) in [7, 11) is 3.17. The molecule has 0 bridgehead atoms. The van der Waals surface area contributed by atoms with E-state index in [1.807, 2.05) is 12.1 Å². The fourth-order valence-corrected chi connectivity index (χ4v) is 3.37. The molecule has 1 heterocycles. The van der Waals surface area contributed by atoms with E-state index in [0.29, 0.717) is 23.6 Å². The fraction of sp³-hybridized carbons (Fsp3) is 0.350. The van der Waals surface area contributed by atoms with E-state index in [1.165, 1.54) is 24.3 Å². The van der Waals surface area contributed by atoms with Crippen LogP contribution in [0, 0.1) is 0 Å². The van der Waals surface area contributed by atoms with Gasteiger partial charge in [-0.15, -0.1) is 0 Å². The Kier molecular flexibility index (Phi) is 5.78. The van der Waals surface area contributed by atoms with Crippen molar-refractivity contribution in [2.45, 2.75) is 25.5 Å². The summed E-state index contributed by atoms with van der Waals surface area (Å²) in [5, 5.41) is 0. The standard InChI is InChI=1S/C20H21F2NO4/c1-25-15-9-10-16(18(12-15)26-2)17-4-3-11-23(17)19(24)13-5-7-14(8-6-13)27-20(21)22/h5-10,12,17,20H,3-4,11H2,1-2H3/t17-/m1/s1. The maximum Gasteiger partial charge on any atom is 0.387 e. The second-order valence-electron chi connectivity index (χ2n) is 6.17. The van der Waals surface area contributed by atoms with Gasteiger partial charge in [0.25, 0.3) is 5.91 Å². The molecule has 1 aliphatic heterocycles. The predicted molar refractivity (Wildman–Crippen MR) is 95.6 cm³/mol. The van der Waals surface area contributed by atoms with Gasteiger partial charge in [0.1, 0.15) is 17.2 Å². The lowest BCUT2D eigenvalue weighted by Gasteiger charge is -2.26. The van der Waals surface area contributed by atoms with Crippen molar-refractivity contribution >= 4 is 5.91 Å². The molecule has 3 rings (SSSR count). The minimum Gasteiger partial charge on any atom is -0.497 e. The topological polar surface area (TPSA) is 48.0 Å². The van der Waals surface area contributed by atoms with Gasteiger partial charge < -0.3 is 19.1 Å². The van der Waals surface area contributed by atoms with Crippen molar-refractivity contribution in [2.75, 3.05) is 20.8 Å². The second-order valence-corrected chi connectivity index (χ2v) is 6.17. The third-order valence-corrected chi connectivity index (χ3v) is 4.64. The molecule has 5 nitrogen and oxygen atoms in total. The van der Waals surface area contributed by atoms with Crippen molar-refractivity contribution in [1.29, 1.82) is 0 Å². The number of amides is 1. The molecule has 7 heteroatoms. The monoisotopic (exact) mass is 377 g/mol. The van der Waals surface area contributed by atoms with Crippen LogP contribution in [0.3, 0.4) is 0 Å². The summed E-state index contributed by atoms with van der Waals surface area (Å²) in [6.07, 6.45) is 1.69. The van der Waals surface area contributed by atoms with E-state index in [2.05, 4.69) is 4.74 Å². The highest BCUT2D eigenvalue weighted by atomic mass is 19.3. The van der Waals surface area contributed by atoms with Crippen LogP contribution in [0.2, 0.25) is 0 Å². The van der Waals surface area contributed by atoms with Crippen LogP contribution in [0.15, 0.2) is 42.5 Å². The smallest absolute Gasteiger partial charge is 0.387 e. The highest BCUT2D eigenvalue weighted by molar-refractivity contribution is 5.94. The number of carbonyl (C=O) groups is 1. The van der Waals surface area contributed by atoms with Crippen molar-refractivity contribution in [1.82, 2.24) is 4.90 Å². The molecule has 144 valence electrons. The molecule has 0 radical (unpaired) electrons. The Morgan fingerprint density at radius 2 is 1.78 bits per heavy atom. The summed E-state index contributed by atoms with van der Waals surface area (Å²) in [5.41, 5.74) is 1.35. The molecular weight excluding hydrogens is 356 g/mol. The molecule has 0 N–H and O–H groups in total. The van der Waals surface area contributed by atoms with Gasteiger partial charge in [-0.1, -0.05) is 0 Å². The van der Waals surface area contributed by atoms with Gasteiger partial charge in [0.2, 0.25) is 0 Å². The Morgan fingerprint density at radius 1 is 1.07 bits per heavy atom. The first-order valence-corrected chi connectivity index (χ1v) is 8.61. The Bertz CT molecular complexity index is 795. The molecule has 0 unspecified atom stereocenters. The lowest BCUT2D eigenvalue weighted by atomic mass is 10.0. The highest BCUT2D eigenvalue weighted by Crippen LogP contribution is 2.39. The number of hydrogen-bond acceptors (Lipinski definition) is 4. The number of ether oxygens (including phenoxy) is 3. The number of methoxy groups -OCH3 is 2. The van der Waals surface area contributed by atoms with Crippen LogP contribution < -0.4 is 14.2 Å². The predicted octanol–water partition coefficient (Wildman–Crippen LogP) is 4.28. The highest BCUT2D eigenvalue weighted by Gasteiger charge is 2.32. The minimum absolute atomic E-state index is 0.0244. The first kappa shape index (κ1) is 18.9. The molecule has 2 aromatic rings. The summed E-state index contributed by atoms with van der Waals surface area (Å²) < 4.78 is 39.6. The van der Waals surface area contributed by atoms with E-state index >= 15 is 0 Å². The largest absolute Gasteiger partial charge is 0.497 e. The van der Waals surface area contributed by atoms with E-state index in [4.69, 9.17) is 9.47 Å². The van der Waals surface area contributed by atoms with Crippen LogP contribution in [0.25, 0.3) is 0 Å². The number of nitrogens with zero attached hydrogens (tertiary/aromatic N) is 1. The SMILES string of the molecule is COc1ccc([C@H]2CCCN2C(=O)c2ccc(OC(F)F)cc2)c(OC)c1. The summed E-state index contributed by atoms with van der Waals surface area (Å²) in [4.78, 5) is 14.7. The Morgan fingerprint density at radius 3 is 2.41 bits per heavy atom. The fourth-order valence-electron chi connectivity index (χ4n) is 3.37. The van der Waals surface area contributed by atoms with Crippen LogP contribution in [0.1, 0.15) is 34.8 Å². The second kappa shape index (κ2) is 8.24. The third-order valence-electron chi connectivity index (χ3n) is 4.64. The van der Waals surface area contributed by atoms with Crippen molar-refractivity contribution < 1.29 is 27.8 Å². The van der Waals surface area contributed by atoms with Gasteiger partial charge in [-0.2, -0.15) is 8.78 Å². The molecule has 1 saturated heterocycles. The molecule has 0 aromatic heterocycles. The molecule has 0 spiro atoms. The zero-order valence-corrected chi connectivity index (χ0v) is 15.2. The minimum atomic E-state index is -2.89. The van der Waals surface area contributed by atoms with Crippen molar-refractivity contribution in [2.24, 2.45) is 0 Å². The zero-order valence-electron chi connectivity index (χ0n) is 15.2. The van der Waals surface area contributed by atoms with E-state index in [1.54, 1.807) is 25.2 Å². The molecule has 0 saturated carbocycles. The number of hydrogen-bond donors (Lipinski definition) is 0. The van der Waals surface area contributed by atoms with Gasteiger partial charge in [-0.3, -0.25) is 4.79 Å². The van der Waals surface area contributed by atoms with Crippen LogP contribution >= 0.6 is 0 Å². The van der Waals surface area contributed by atoms with E-state index < -0.39 is 6.61 Å². The number of halogens is 2. The molecule has 1 aliphatic rings. The van der Waals surface area contributed by atoms with Gasteiger partial charge in [-0.25, -0.2) is 0 Å². The Balaban J connectivity index is 1.83. The molecular formula is C20H21F2NO4.